The summed E-state index contributed by atoms with van der Waals surface area (Å²) in [5.41, 5.74) is 4.17. The second-order valence-corrected chi connectivity index (χ2v) is 5.82. The van der Waals surface area contributed by atoms with E-state index in [0.717, 1.165) is 13.1 Å². The van der Waals surface area contributed by atoms with Gasteiger partial charge in [-0.3, -0.25) is 4.84 Å². The zero-order valence-corrected chi connectivity index (χ0v) is 12.7. The number of hydrogen-bond donors (Lipinski definition) is 0. The number of hydroxylamine groups is 2. The van der Waals surface area contributed by atoms with E-state index in [1.807, 2.05) is 6.07 Å². The van der Waals surface area contributed by atoms with Gasteiger partial charge in [0.2, 0.25) is 0 Å². The maximum Gasteiger partial charge on any atom is 0.0935 e. The molecule has 2 heteroatoms. The standard InChI is InChI=1S/C19H23NO/c1-16-7-5-6-10-19(16)18-11-13-20(14-12-18)21-15-17-8-3-2-4-9-17/h2-10,18H,11-15H2,1H3. The summed E-state index contributed by atoms with van der Waals surface area (Å²) in [6, 6.07) is 19.1. The Hall–Kier alpha value is -1.64. The molecule has 1 saturated heterocycles. The first-order chi connectivity index (χ1) is 10.3. The summed E-state index contributed by atoms with van der Waals surface area (Å²) in [5, 5.41) is 2.13. The fourth-order valence-electron chi connectivity index (χ4n) is 3.08. The molecule has 2 nitrogen and oxygen atoms in total. The smallest absolute Gasteiger partial charge is 0.0935 e. The molecule has 1 heterocycles. The maximum absolute atomic E-state index is 5.92. The minimum absolute atomic E-state index is 0.676. The number of benzene rings is 2. The van der Waals surface area contributed by atoms with Gasteiger partial charge >= 0.3 is 0 Å². The highest BCUT2D eigenvalue weighted by Gasteiger charge is 2.21. The van der Waals surface area contributed by atoms with Crippen molar-refractivity contribution in [3.05, 3.63) is 71.3 Å². The van der Waals surface area contributed by atoms with Gasteiger partial charge in [-0.05, 0) is 42.4 Å². The maximum atomic E-state index is 5.92. The molecule has 0 amide bonds. The predicted molar refractivity (Wildman–Crippen MR) is 86.0 cm³/mol. The van der Waals surface area contributed by atoms with Gasteiger partial charge in [0.15, 0.2) is 0 Å². The summed E-state index contributed by atoms with van der Waals surface area (Å²) < 4.78 is 0. The first-order valence-corrected chi connectivity index (χ1v) is 7.80. The van der Waals surface area contributed by atoms with Crippen LogP contribution in [0.15, 0.2) is 54.6 Å². The van der Waals surface area contributed by atoms with Crippen LogP contribution in [0.25, 0.3) is 0 Å². The molecule has 0 aromatic heterocycles. The lowest BCUT2D eigenvalue weighted by Gasteiger charge is -2.32. The third kappa shape index (κ3) is 3.72. The van der Waals surface area contributed by atoms with E-state index in [2.05, 4.69) is 60.5 Å². The van der Waals surface area contributed by atoms with Crippen LogP contribution in [0.3, 0.4) is 0 Å². The van der Waals surface area contributed by atoms with Crippen molar-refractivity contribution in [1.82, 2.24) is 5.06 Å². The molecule has 1 fully saturated rings. The van der Waals surface area contributed by atoms with Gasteiger partial charge in [-0.1, -0.05) is 54.6 Å². The Labute approximate surface area is 127 Å². The monoisotopic (exact) mass is 281 g/mol. The summed E-state index contributed by atoms with van der Waals surface area (Å²) in [6.45, 7) is 4.93. The van der Waals surface area contributed by atoms with Crippen LogP contribution in [0.1, 0.15) is 35.4 Å². The summed E-state index contributed by atoms with van der Waals surface area (Å²) in [4.78, 5) is 5.92. The lowest BCUT2D eigenvalue weighted by Crippen LogP contribution is -2.33. The number of hydrogen-bond acceptors (Lipinski definition) is 2. The molecule has 110 valence electrons. The van der Waals surface area contributed by atoms with Crippen LogP contribution in [0.4, 0.5) is 0 Å². The fraction of sp³-hybridized carbons (Fsp3) is 0.368. The molecule has 0 bridgehead atoms. The molecule has 1 aliphatic heterocycles. The van der Waals surface area contributed by atoms with Crippen LogP contribution in [-0.2, 0) is 11.4 Å². The minimum Gasteiger partial charge on any atom is -0.294 e. The molecule has 0 unspecified atom stereocenters. The summed E-state index contributed by atoms with van der Waals surface area (Å²) in [7, 11) is 0. The molecule has 0 aliphatic carbocycles. The zero-order valence-electron chi connectivity index (χ0n) is 12.7. The molecule has 21 heavy (non-hydrogen) atoms. The summed E-state index contributed by atoms with van der Waals surface area (Å²) in [6.07, 6.45) is 2.36. The summed E-state index contributed by atoms with van der Waals surface area (Å²) >= 11 is 0. The first-order valence-electron chi connectivity index (χ1n) is 7.80. The van der Waals surface area contributed by atoms with Crippen molar-refractivity contribution in [3.8, 4) is 0 Å². The van der Waals surface area contributed by atoms with Gasteiger partial charge in [0.25, 0.3) is 0 Å². The van der Waals surface area contributed by atoms with Gasteiger partial charge in [-0.15, -0.1) is 0 Å². The average Bonchev–Trinajstić information content (AvgIpc) is 2.55. The highest BCUT2D eigenvalue weighted by Crippen LogP contribution is 2.30. The van der Waals surface area contributed by atoms with Crippen LogP contribution >= 0.6 is 0 Å². The van der Waals surface area contributed by atoms with Crippen molar-refractivity contribution < 1.29 is 4.84 Å². The molecule has 0 saturated carbocycles. The summed E-state index contributed by atoms with van der Waals surface area (Å²) in [5.74, 6) is 0.683. The Morgan fingerprint density at radius 3 is 2.33 bits per heavy atom. The van der Waals surface area contributed by atoms with Gasteiger partial charge < -0.3 is 0 Å². The third-order valence-corrected chi connectivity index (χ3v) is 4.34. The van der Waals surface area contributed by atoms with Gasteiger partial charge in [0.1, 0.15) is 0 Å². The Kier molecular flexibility index (Phi) is 4.69. The number of nitrogens with zero attached hydrogens (tertiary/aromatic N) is 1. The minimum atomic E-state index is 0.676. The quantitative estimate of drug-likeness (QED) is 0.828. The van der Waals surface area contributed by atoms with Crippen LogP contribution in [0.5, 0.6) is 0 Å². The van der Waals surface area contributed by atoms with Gasteiger partial charge in [0, 0.05) is 13.1 Å². The number of aryl methyl sites for hydroxylation is 1. The van der Waals surface area contributed by atoms with Crippen molar-refractivity contribution in [2.45, 2.75) is 32.3 Å². The second-order valence-electron chi connectivity index (χ2n) is 5.82. The second kappa shape index (κ2) is 6.88. The van der Waals surface area contributed by atoms with E-state index in [9.17, 15) is 0 Å². The molecule has 0 N–H and O–H groups in total. The van der Waals surface area contributed by atoms with E-state index in [0.29, 0.717) is 12.5 Å². The van der Waals surface area contributed by atoms with E-state index in [-0.39, 0.29) is 0 Å². The molecule has 3 rings (SSSR count). The largest absolute Gasteiger partial charge is 0.294 e. The number of piperidine rings is 1. The van der Waals surface area contributed by atoms with Crippen molar-refractivity contribution in [3.63, 3.8) is 0 Å². The molecular formula is C19H23NO. The van der Waals surface area contributed by atoms with Gasteiger partial charge in [-0.2, -0.15) is 5.06 Å². The van der Waals surface area contributed by atoms with E-state index < -0.39 is 0 Å². The van der Waals surface area contributed by atoms with Crippen LogP contribution in [-0.4, -0.2) is 18.2 Å². The predicted octanol–water partition coefficient (Wildman–Crippen LogP) is 4.31. The van der Waals surface area contributed by atoms with Crippen molar-refractivity contribution in [2.75, 3.05) is 13.1 Å². The Balaban J connectivity index is 1.50. The van der Waals surface area contributed by atoms with Crippen molar-refractivity contribution >= 4 is 0 Å². The van der Waals surface area contributed by atoms with Crippen molar-refractivity contribution in [2.24, 2.45) is 0 Å². The third-order valence-electron chi connectivity index (χ3n) is 4.34. The SMILES string of the molecule is Cc1ccccc1C1CCN(OCc2ccccc2)CC1. The van der Waals surface area contributed by atoms with Gasteiger partial charge in [-0.25, -0.2) is 0 Å². The van der Waals surface area contributed by atoms with Crippen molar-refractivity contribution in [1.29, 1.82) is 0 Å². The molecule has 2 aromatic carbocycles. The molecule has 2 aromatic rings. The topological polar surface area (TPSA) is 12.5 Å². The van der Waals surface area contributed by atoms with E-state index in [1.165, 1.54) is 29.5 Å². The van der Waals surface area contributed by atoms with E-state index >= 15 is 0 Å². The average molecular weight is 281 g/mol. The Bertz CT molecular complexity index is 559. The highest BCUT2D eigenvalue weighted by atomic mass is 16.7. The van der Waals surface area contributed by atoms with Crippen LogP contribution < -0.4 is 0 Å². The first kappa shape index (κ1) is 14.3. The van der Waals surface area contributed by atoms with Crippen LogP contribution in [0, 0.1) is 6.92 Å². The normalized spacial score (nSPS) is 17.0. The van der Waals surface area contributed by atoms with Crippen LogP contribution in [0.2, 0.25) is 0 Å². The fourth-order valence-corrected chi connectivity index (χ4v) is 3.08. The zero-order chi connectivity index (χ0) is 14.5. The highest BCUT2D eigenvalue weighted by molar-refractivity contribution is 5.29. The Morgan fingerprint density at radius 2 is 1.62 bits per heavy atom. The molecule has 0 atom stereocenters. The van der Waals surface area contributed by atoms with E-state index in [4.69, 9.17) is 4.84 Å². The van der Waals surface area contributed by atoms with E-state index in [1.54, 1.807) is 0 Å². The molecule has 0 radical (unpaired) electrons. The van der Waals surface area contributed by atoms with Gasteiger partial charge in [0.05, 0.1) is 6.61 Å². The lowest BCUT2D eigenvalue weighted by atomic mass is 9.87. The molecule has 1 aliphatic rings. The molecular weight excluding hydrogens is 258 g/mol. The number of rotatable bonds is 4. The lowest BCUT2D eigenvalue weighted by molar-refractivity contribution is -0.180. The Morgan fingerprint density at radius 1 is 0.952 bits per heavy atom. The molecule has 0 spiro atoms.